The largest absolute Gasteiger partial charge is 0.383 e. The number of nitrogens with two attached hydrogens (primary N) is 1. The molecule has 1 heterocycles. The fourth-order valence-electron chi connectivity index (χ4n) is 3.30. The molecule has 0 saturated heterocycles. The molecule has 0 bridgehead atoms. The SMILES string of the molecule is NCCCCCNc1c(S(=O)(=O)O)cc2c3c(cc(S(=O)(=O)O)cc13)C(=O)NC2=O. The summed E-state index contributed by atoms with van der Waals surface area (Å²) >= 11 is 0. The summed E-state index contributed by atoms with van der Waals surface area (Å²) in [6.07, 6.45) is 2.04. The zero-order chi connectivity index (χ0) is 22.3. The minimum atomic E-state index is -4.84. The Kier molecular flexibility index (Phi) is 5.84. The van der Waals surface area contributed by atoms with Gasteiger partial charge in [-0.05, 0) is 37.6 Å². The average molecular weight is 457 g/mol. The third-order valence-electron chi connectivity index (χ3n) is 4.65. The number of benzene rings is 2. The van der Waals surface area contributed by atoms with E-state index in [0.29, 0.717) is 13.0 Å². The molecule has 0 aliphatic carbocycles. The van der Waals surface area contributed by atoms with Crippen LogP contribution < -0.4 is 16.4 Å². The Morgan fingerprint density at radius 3 is 2.10 bits per heavy atom. The molecule has 0 unspecified atom stereocenters. The van der Waals surface area contributed by atoms with Gasteiger partial charge in [0.05, 0.1) is 10.6 Å². The second-order valence-electron chi connectivity index (χ2n) is 6.70. The van der Waals surface area contributed by atoms with Gasteiger partial charge in [-0.25, -0.2) is 0 Å². The van der Waals surface area contributed by atoms with Crippen LogP contribution in [0.5, 0.6) is 0 Å². The number of unbranched alkanes of at least 4 members (excludes halogenated alkanes) is 2. The van der Waals surface area contributed by atoms with Crippen LogP contribution in [0.25, 0.3) is 10.8 Å². The van der Waals surface area contributed by atoms with Crippen LogP contribution in [0.4, 0.5) is 5.69 Å². The van der Waals surface area contributed by atoms with E-state index in [1.807, 2.05) is 5.32 Å². The Hall–Kier alpha value is -2.58. The average Bonchev–Trinajstić information content (AvgIpc) is 2.64. The third kappa shape index (κ3) is 4.15. The van der Waals surface area contributed by atoms with E-state index in [2.05, 4.69) is 5.32 Å². The van der Waals surface area contributed by atoms with E-state index in [1.165, 1.54) is 0 Å². The molecule has 0 spiro atoms. The Morgan fingerprint density at radius 2 is 1.53 bits per heavy atom. The van der Waals surface area contributed by atoms with Crippen LogP contribution >= 0.6 is 0 Å². The molecule has 0 atom stereocenters. The molecule has 11 nitrogen and oxygen atoms in total. The molecule has 162 valence electrons. The van der Waals surface area contributed by atoms with Crippen LogP contribution in [0.15, 0.2) is 28.0 Å². The normalized spacial score (nSPS) is 14.1. The predicted molar refractivity (Wildman–Crippen MR) is 107 cm³/mol. The molecule has 13 heteroatoms. The molecule has 0 fully saturated rings. The second-order valence-corrected chi connectivity index (χ2v) is 9.51. The zero-order valence-electron chi connectivity index (χ0n) is 15.5. The summed E-state index contributed by atoms with van der Waals surface area (Å²) in [5.41, 5.74) is 4.78. The van der Waals surface area contributed by atoms with Crippen LogP contribution in [0.3, 0.4) is 0 Å². The molecule has 30 heavy (non-hydrogen) atoms. The van der Waals surface area contributed by atoms with E-state index >= 15 is 0 Å². The van der Waals surface area contributed by atoms with Gasteiger partial charge in [0, 0.05) is 28.4 Å². The molecular weight excluding hydrogens is 438 g/mol. The molecule has 1 aliphatic rings. The minimum Gasteiger partial charge on any atom is -0.383 e. The molecule has 0 aromatic heterocycles. The number of imide groups is 1. The number of hydrogen-bond acceptors (Lipinski definition) is 8. The molecule has 6 N–H and O–H groups in total. The van der Waals surface area contributed by atoms with Gasteiger partial charge in [0.15, 0.2) is 0 Å². The summed E-state index contributed by atoms with van der Waals surface area (Å²) < 4.78 is 66.5. The summed E-state index contributed by atoms with van der Waals surface area (Å²) in [7, 11) is -9.61. The van der Waals surface area contributed by atoms with Crippen molar-refractivity contribution in [1.29, 1.82) is 0 Å². The van der Waals surface area contributed by atoms with Gasteiger partial charge in [-0.2, -0.15) is 16.8 Å². The number of nitrogens with one attached hydrogen (secondary N) is 2. The Labute approximate surface area is 172 Å². The van der Waals surface area contributed by atoms with Gasteiger partial charge in [-0.15, -0.1) is 0 Å². The van der Waals surface area contributed by atoms with E-state index in [0.717, 1.165) is 31.0 Å². The number of carbonyl (C=O) groups is 2. The maximum atomic E-state index is 12.3. The van der Waals surface area contributed by atoms with E-state index in [4.69, 9.17) is 5.73 Å². The van der Waals surface area contributed by atoms with E-state index in [-0.39, 0.29) is 34.1 Å². The van der Waals surface area contributed by atoms with Crippen LogP contribution in [-0.2, 0) is 20.2 Å². The topological polar surface area (TPSA) is 193 Å². The van der Waals surface area contributed by atoms with Crippen molar-refractivity contribution in [2.45, 2.75) is 29.1 Å². The summed E-state index contributed by atoms with van der Waals surface area (Å²) in [5, 5.41) is 4.70. The van der Waals surface area contributed by atoms with Crippen LogP contribution in [0, 0.1) is 0 Å². The number of amides is 2. The highest BCUT2D eigenvalue weighted by molar-refractivity contribution is 7.86. The molecule has 2 aromatic carbocycles. The number of rotatable bonds is 8. The van der Waals surface area contributed by atoms with Crippen molar-refractivity contribution in [3.8, 4) is 0 Å². The van der Waals surface area contributed by atoms with Gasteiger partial charge in [-0.1, -0.05) is 6.42 Å². The van der Waals surface area contributed by atoms with Crippen molar-refractivity contribution >= 4 is 48.5 Å². The summed E-state index contributed by atoms with van der Waals surface area (Å²) in [6.45, 7) is 0.717. The molecule has 1 aliphatic heterocycles. The van der Waals surface area contributed by atoms with Gasteiger partial charge in [-0.3, -0.25) is 24.0 Å². The maximum absolute atomic E-state index is 12.3. The monoisotopic (exact) mass is 457 g/mol. The van der Waals surface area contributed by atoms with E-state index in [9.17, 15) is 35.5 Å². The predicted octanol–water partition coefficient (Wildman–Crippen LogP) is 0.758. The minimum absolute atomic E-state index is 0.00741. The summed E-state index contributed by atoms with van der Waals surface area (Å²) in [5.74, 6) is -1.81. The first-order valence-corrected chi connectivity index (χ1v) is 11.7. The Balaban J connectivity index is 2.34. The standard InChI is InChI=1S/C17H19N3O8S2/c18-4-2-1-3-5-19-15-10-6-9(29(23,24)25)7-11-14(10)12(17(22)20-16(11)21)8-13(15)30(26,27)28/h6-8,19H,1-5,18H2,(H,20,21,22)(H,23,24,25)(H,26,27,28). The Morgan fingerprint density at radius 1 is 0.900 bits per heavy atom. The zero-order valence-corrected chi connectivity index (χ0v) is 17.1. The van der Waals surface area contributed by atoms with Gasteiger partial charge < -0.3 is 11.1 Å². The lowest BCUT2D eigenvalue weighted by molar-refractivity contribution is 0.0844. The van der Waals surface area contributed by atoms with Crippen molar-refractivity contribution in [1.82, 2.24) is 5.32 Å². The van der Waals surface area contributed by atoms with Crippen molar-refractivity contribution in [2.75, 3.05) is 18.4 Å². The van der Waals surface area contributed by atoms with Crippen molar-refractivity contribution in [3.63, 3.8) is 0 Å². The lowest BCUT2D eigenvalue weighted by Crippen LogP contribution is -2.35. The number of hydrogen-bond donors (Lipinski definition) is 5. The van der Waals surface area contributed by atoms with Gasteiger partial charge >= 0.3 is 0 Å². The van der Waals surface area contributed by atoms with Gasteiger partial charge in [0.2, 0.25) is 0 Å². The molecular formula is C17H19N3O8S2. The fraction of sp³-hybridized carbons (Fsp3) is 0.294. The molecule has 0 radical (unpaired) electrons. The lowest BCUT2D eigenvalue weighted by Gasteiger charge is -2.22. The smallest absolute Gasteiger partial charge is 0.296 e. The number of carbonyl (C=O) groups excluding carboxylic acids is 2. The first-order valence-electron chi connectivity index (χ1n) is 8.84. The summed E-state index contributed by atoms with van der Waals surface area (Å²) in [4.78, 5) is 23.2. The van der Waals surface area contributed by atoms with Gasteiger partial charge in [0.25, 0.3) is 32.1 Å². The van der Waals surface area contributed by atoms with E-state index in [1.54, 1.807) is 0 Å². The van der Waals surface area contributed by atoms with E-state index < -0.39 is 41.8 Å². The first kappa shape index (κ1) is 22.1. The lowest BCUT2D eigenvalue weighted by atomic mass is 9.94. The van der Waals surface area contributed by atoms with Crippen molar-refractivity contribution in [2.24, 2.45) is 5.73 Å². The summed E-state index contributed by atoms with van der Waals surface area (Å²) in [6, 6.07) is 2.75. The van der Waals surface area contributed by atoms with Crippen LogP contribution in [0.2, 0.25) is 0 Å². The molecule has 2 amide bonds. The van der Waals surface area contributed by atoms with Crippen LogP contribution in [0.1, 0.15) is 40.0 Å². The quantitative estimate of drug-likeness (QED) is 0.215. The molecule has 3 rings (SSSR count). The number of anilines is 1. The van der Waals surface area contributed by atoms with Crippen molar-refractivity contribution in [3.05, 3.63) is 29.3 Å². The van der Waals surface area contributed by atoms with Gasteiger partial charge in [0.1, 0.15) is 4.90 Å². The maximum Gasteiger partial charge on any atom is 0.296 e. The van der Waals surface area contributed by atoms with Crippen LogP contribution in [-0.4, -0.2) is 50.8 Å². The van der Waals surface area contributed by atoms with Crippen molar-refractivity contribution < 1.29 is 35.5 Å². The second kappa shape index (κ2) is 7.92. The fourth-order valence-corrected chi connectivity index (χ4v) is 4.54. The molecule has 2 aromatic rings. The first-order chi connectivity index (χ1) is 13.9. The third-order valence-corrected chi connectivity index (χ3v) is 6.36. The molecule has 0 saturated carbocycles. The Bertz CT molecular complexity index is 1250. The highest BCUT2D eigenvalue weighted by Crippen LogP contribution is 2.38. The highest BCUT2D eigenvalue weighted by Gasteiger charge is 2.32. The highest BCUT2D eigenvalue weighted by atomic mass is 32.2.